The second-order valence-corrected chi connectivity index (χ2v) is 8.50. The molecule has 2 saturated heterocycles. The van der Waals surface area contributed by atoms with Gasteiger partial charge >= 0.3 is 0 Å². The molecule has 0 N–H and O–H groups in total. The van der Waals surface area contributed by atoms with Gasteiger partial charge in [0.2, 0.25) is 15.9 Å². The number of nitrogens with zero attached hydrogens (tertiary/aromatic N) is 2. The van der Waals surface area contributed by atoms with E-state index in [2.05, 4.69) is 0 Å². The highest BCUT2D eigenvalue weighted by Crippen LogP contribution is 2.29. The van der Waals surface area contributed by atoms with Crippen LogP contribution in [0.15, 0.2) is 29.2 Å². The van der Waals surface area contributed by atoms with Gasteiger partial charge in [-0.05, 0) is 25.0 Å². The van der Waals surface area contributed by atoms with E-state index in [9.17, 15) is 18.0 Å². The van der Waals surface area contributed by atoms with E-state index in [4.69, 9.17) is 4.74 Å². The number of piperidine rings is 1. The molecule has 0 bridgehead atoms. The molecule has 0 radical (unpaired) electrons. The Balaban J connectivity index is 1.71. The number of hydrogen-bond acceptors (Lipinski definition) is 6. The Morgan fingerprint density at radius 1 is 1.21 bits per heavy atom. The minimum absolute atomic E-state index is 0.181. The summed E-state index contributed by atoms with van der Waals surface area (Å²) in [5.74, 6) is 0.483. The number of imide groups is 1. The van der Waals surface area contributed by atoms with Crippen molar-refractivity contribution in [2.75, 3.05) is 26.0 Å². The summed E-state index contributed by atoms with van der Waals surface area (Å²) in [4.78, 5) is 25.0. The Hall–Kier alpha value is -1.58. The highest BCUT2D eigenvalue weighted by Gasteiger charge is 2.39. The lowest BCUT2D eigenvalue weighted by atomic mass is 10.1. The molecule has 1 aromatic carbocycles. The third-order valence-electron chi connectivity index (χ3n) is 4.25. The predicted octanol–water partition coefficient (Wildman–Crippen LogP) is 1.54. The number of carbonyl (C=O) groups is 2. The van der Waals surface area contributed by atoms with Gasteiger partial charge in [-0.2, -0.15) is 4.31 Å². The summed E-state index contributed by atoms with van der Waals surface area (Å²) in [5, 5.41) is -0.228. The minimum atomic E-state index is -3.61. The third-order valence-corrected chi connectivity index (χ3v) is 6.98. The van der Waals surface area contributed by atoms with E-state index in [0.717, 1.165) is 11.8 Å². The molecule has 0 aliphatic carbocycles. The van der Waals surface area contributed by atoms with Crippen molar-refractivity contribution < 1.29 is 22.7 Å². The van der Waals surface area contributed by atoms with Crippen LogP contribution in [0.2, 0.25) is 0 Å². The lowest BCUT2D eigenvalue weighted by Crippen LogP contribution is -2.48. The number of benzene rings is 1. The maximum absolute atomic E-state index is 12.7. The zero-order chi connectivity index (χ0) is 17.3. The van der Waals surface area contributed by atoms with Crippen molar-refractivity contribution >= 4 is 32.9 Å². The number of methoxy groups -OCH3 is 1. The third kappa shape index (κ3) is 3.15. The fourth-order valence-corrected chi connectivity index (χ4v) is 5.25. The summed E-state index contributed by atoms with van der Waals surface area (Å²) >= 11 is 1.01. The van der Waals surface area contributed by atoms with Crippen molar-refractivity contribution in [3.8, 4) is 5.75 Å². The van der Waals surface area contributed by atoms with E-state index in [1.54, 1.807) is 12.1 Å². The van der Waals surface area contributed by atoms with Crippen LogP contribution >= 0.6 is 11.8 Å². The molecular weight excluding hydrogens is 352 g/mol. The highest BCUT2D eigenvalue weighted by molar-refractivity contribution is 8.14. The maximum atomic E-state index is 12.7. The van der Waals surface area contributed by atoms with Gasteiger partial charge in [-0.25, -0.2) is 8.42 Å². The number of amides is 2. The monoisotopic (exact) mass is 370 g/mol. The summed E-state index contributed by atoms with van der Waals surface area (Å²) in [6.07, 6.45) is 0.919. The van der Waals surface area contributed by atoms with Crippen LogP contribution in [0.3, 0.4) is 0 Å². The number of carbonyl (C=O) groups excluding carboxylic acids is 2. The quantitative estimate of drug-likeness (QED) is 0.799. The molecule has 24 heavy (non-hydrogen) atoms. The zero-order valence-corrected chi connectivity index (χ0v) is 14.8. The molecule has 3 rings (SSSR count). The first-order valence-electron chi connectivity index (χ1n) is 7.56. The van der Waals surface area contributed by atoms with E-state index < -0.39 is 10.0 Å². The van der Waals surface area contributed by atoms with Gasteiger partial charge < -0.3 is 4.74 Å². The lowest BCUT2D eigenvalue weighted by Gasteiger charge is -2.34. The summed E-state index contributed by atoms with van der Waals surface area (Å²) < 4.78 is 31.9. The first kappa shape index (κ1) is 17.2. The molecular formula is C15H18N2O5S2. The van der Waals surface area contributed by atoms with Gasteiger partial charge in [-0.1, -0.05) is 17.8 Å². The van der Waals surface area contributed by atoms with E-state index in [1.165, 1.54) is 28.4 Å². The highest BCUT2D eigenvalue weighted by atomic mass is 32.2. The Bertz CT molecular complexity index is 741. The van der Waals surface area contributed by atoms with Crippen molar-refractivity contribution in [1.29, 1.82) is 0 Å². The van der Waals surface area contributed by atoms with Crippen LogP contribution in [0.5, 0.6) is 5.75 Å². The fourth-order valence-electron chi connectivity index (χ4n) is 2.97. The average Bonchev–Trinajstić information content (AvgIpc) is 2.93. The first-order chi connectivity index (χ1) is 11.4. The van der Waals surface area contributed by atoms with Crippen LogP contribution < -0.4 is 4.74 Å². The SMILES string of the molecule is COc1cccc(S(=O)(=O)N2CCC(N3C(=O)CSC3=O)CC2)c1. The molecule has 2 amide bonds. The largest absolute Gasteiger partial charge is 0.497 e. The van der Waals surface area contributed by atoms with Gasteiger partial charge in [0.05, 0.1) is 17.8 Å². The van der Waals surface area contributed by atoms with E-state index in [-0.39, 0.29) is 40.9 Å². The summed E-state index contributed by atoms with van der Waals surface area (Å²) in [5.41, 5.74) is 0. The Kier molecular flexibility index (Phi) is 4.84. The molecule has 0 aromatic heterocycles. The van der Waals surface area contributed by atoms with E-state index in [0.29, 0.717) is 18.6 Å². The minimum Gasteiger partial charge on any atom is -0.497 e. The topological polar surface area (TPSA) is 84.0 Å². The van der Waals surface area contributed by atoms with Gasteiger partial charge in [0.25, 0.3) is 5.24 Å². The molecule has 1 aromatic rings. The number of thioether (sulfide) groups is 1. The van der Waals surface area contributed by atoms with Gasteiger partial charge in [-0.3, -0.25) is 14.5 Å². The molecule has 9 heteroatoms. The van der Waals surface area contributed by atoms with Gasteiger partial charge in [0.15, 0.2) is 0 Å². The molecule has 0 saturated carbocycles. The average molecular weight is 370 g/mol. The number of hydrogen-bond donors (Lipinski definition) is 0. The second-order valence-electron chi connectivity index (χ2n) is 5.63. The summed E-state index contributed by atoms with van der Waals surface area (Å²) in [6, 6.07) is 6.14. The van der Waals surface area contributed by atoms with Gasteiger partial charge in [0.1, 0.15) is 5.75 Å². The fraction of sp³-hybridized carbons (Fsp3) is 0.467. The van der Waals surface area contributed by atoms with Crippen LogP contribution in [-0.4, -0.2) is 60.8 Å². The number of sulfonamides is 1. The van der Waals surface area contributed by atoms with Crippen molar-refractivity contribution in [3.63, 3.8) is 0 Å². The van der Waals surface area contributed by atoms with Crippen molar-refractivity contribution in [1.82, 2.24) is 9.21 Å². The molecule has 130 valence electrons. The molecule has 0 spiro atoms. The van der Waals surface area contributed by atoms with Crippen molar-refractivity contribution in [2.45, 2.75) is 23.8 Å². The Labute approximate surface area is 145 Å². The molecule has 7 nitrogen and oxygen atoms in total. The summed E-state index contributed by atoms with van der Waals surface area (Å²) in [7, 11) is -2.12. The first-order valence-corrected chi connectivity index (χ1v) is 9.99. The molecule has 0 unspecified atom stereocenters. The van der Waals surface area contributed by atoms with Crippen LogP contribution in [0.4, 0.5) is 4.79 Å². The number of ether oxygens (including phenoxy) is 1. The normalized spacial score (nSPS) is 20.6. The molecule has 0 atom stereocenters. The maximum Gasteiger partial charge on any atom is 0.289 e. The lowest BCUT2D eigenvalue weighted by molar-refractivity contribution is -0.126. The Morgan fingerprint density at radius 2 is 1.92 bits per heavy atom. The van der Waals surface area contributed by atoms with E-state index in [1.807, 2.05) is 0 Å². The molecule has 2 aliphatic rings. The second kappa shape index (κ2) is 6.73. The summed E-state index contributed by atoms with van der Waals surface area (Å²) in [6.45, 7) is 0.567. The molecule has 2 fully saturated rings. The standard InChI is InChI=1S/C15H18N2O5S2/c1-22-12-3-2-4-13(9-12)24(20,21)16-7-5-11(6-8-16)17-14(18)10-23-15(17)19/h2-4,9,11H,5-8,10H2,1H3. The van der Waals surface area contributed by atoms with Crippen molar-refractivity contribution in [2.24, 2.45) is 0 Å². The molecule has 2 heterocycles. The van der Waals surface area contributed by atoms with Crippen LogP contribution in [0.1, 0.15) is 12.8 Å². The smallest absolute Gasteiger partial charge is 0.289 e. The van der Waals surface area contributed by atoms with E-state index >= 15 is 0 Å². The number of rotatable bonds is 4. The van der Waals surface area contributed by atoms with Crippen LogP contribution in [0, 0.1) is 0 Å². The van der Waals surface area contributed by atoms with Crippen LogP contribution in [-0.2, 0) is 14.8 Å². The van der Waals surface area contributed by atoms with Crippen molar-refractivity contribution in [3.05, 3.63) is 24.3 Å². The zero-order valence-electron chi connectivity index (χ0n) is 13.2. The predicted molar refractivity (Wildman–Crippen MR) is 89.5 cm³/mol. The van der Waals surface area contributed by atoms with Gasteiger partial charge in [-0.15, -0.1) is 0 Å². The molecule has 2 aliphatic heterocycles. The van der Waals surface area contributed by atoms with Crippen LogP contribution in [0.25, 0.3) is 0 Å². The Morgan fingerprint density at radius 3 is 2.50 bits per heavy atom. The van der Waals surface area contributed by atoms with Gasteiger partial charge in [0, 0.05) is 25.2 Å².